The average Bonchev–Trinajstić information content (AvgIpc) is 2.24. The molecule has 0 amide bonds. The summed E-state index contributed by atoms with van der Waals surface area (Å²) in [5.74, 6) is 1.24. The predicted molar refractivity (Wildman–Crippen MR) is 71.1 cm³/mol. The third-order valence-corrected chi connectivity index (χ3v) is 2.60. The highest BCUT2D eigenvalue weighted by molar-refractivity contribution is 6.32. The minimum Gasteiger partial charge on any atom is -0.493 e. The summed E-state index contributed by atoms with van der Waals surface area (Å²) in [4.78, 5) is 0. The smallest absolute Gasteiger partial charge is 0.179 e. The fraction of sp³-hybridized carbons (Fsp3) is 0.538. The molecule has 4 heteroatoms. The molecule has 1 N–H and O–H groups in total. The summed E-state index contributed by atoms with van der Waals surface area (Å²) in [6.07, 6.45) is 0. The molecule has 0 bridgehead atoms. The van der Waals surface area contributed by atoms with Gasteiger partial charge in [-0.1, -0.05) is 11.6 Å². The second-order valence-corrected chi connectivity index (χ2v) is 5.32. The van der Waals surface area contributed by atoms with E-state index >= 15 is 0 Å². The number of benzene rings is 1. The van der Waals surface area contributed by atoms with Crippen molar-refractivity contribution in [2.45, 2.75) is 32.9 Å². The van der Waals surface area contributed by atoms with Crippen molar-refractivity contribution in [2.24, 2.45) is 0 Å². The summed E-state index contributed by atoms with van der Waals surface area (Å²) < 4.78 is 10.4. The van der Waals surface area contributed by atoms with E-state index < -0.39 is 0 Å². The molecule has 0 unspecified atom stereocenters. The minimum absolute atomic E-state index is 0.0691. The second kappa shape index (κ2) is 5.61. The third kappa shape index (κ3) is 4.10. The van der Waals surface area contributed by atoms with E-state index in [-0.39, 0.29) is 5.54 Å². The van der Waals surface area contributed by atoms with Crippen molar-refractivity contribution < 1.29 is 9.47 Å². The molecular formula is C13H20ClNO2. The zero-order valence-electron chi connectivity index (χ0n) is 11.1. The zero-order valence-corrected chi connectivity index (χ0v) is 11.8. The molecule has 1 rings (SSSR count). The first kappa shape index (κ1) is 14.1. The molecule has 0 saturated heterocycles. The molecule has 0 aliphatic carbocycles. The summed E-state index contributed by atoms with van der Waals surface area (Å²) >= 11 is 6.13. The fourth-order valence-electron chi connectivity index (χ4n) is 1.44. The molecule has 17 heavy (non-hydrogen) atoms. The Labute approximate surface area is 108 Å². The molecule has 1 aromatic rings. The molecule has 0 fully saturated rings. The van der Waals surface area contributed by atoms with Gasteiger partial charge in [0, 0.05) is 12.1 Å². The molecular weight excluding hydrogens is 238 g/mol. The highest BCUT2D eigenvalue weighted by atomic mass is 35.5. The van der Waals surface area contributed by atoms with Crippen molar-refractivity contribution >= 4 is 11.6 Å². The molecule has 0 aliphatic rings. The Morgan fingerprint density at radius 1 is 1.18 bits per heavy atom. The number of hydrogen-bond acceptors (Lipinski definition) is 3. The van der Waals surface area contributed by atoms with Crippen LogP contribution in [-0.4, -0.2) is 19.8 Å². The summed E-state index contributed by atoms with van der Waals surface area (Å²) in [5.41, 5.74) is 1.14. The quantitative estimate of drug-likeness (QED) is 0.898. The van der Waals surface area contributed by atoms with Crippen molar-refractivity contribution in [1.82, 2.24) is 5.32 Å². The monoisotopic (exact) mass is 257 g/mol. The van der Waals surface area contributed by atoms with Crippen LogP contribution in [-0.2, 0) is 6.54 Å². The van der Waals surface area contributed by atoms with Crippen molar-refractivity contribution in [3.63, 3.8) is 0 Å². The summed E-state index contributed by atoms with van der Waals surface area (Å²) in [7, 11) is 3.19. The van der Waals surface area contributed by atoms with Crippen LogP contribution in [0.5, 0.6) is 11.5 Å². The summed E-state index contributed by atoms with van der Waals surface area (Å²) in [6, 6.07) is 3.82. The number of methoxy groups -OCH3 is 2. The molecule has 0 atom stereocenters. The Bertz CT molecular complexity index is 386. The van der Waals surface area contributed by atoms with Crippen LogP contribution in [0.2, 0.25) is 5.02 Å². The number of halogens is 1. The minimum atomic E-state index is 0.0691. The van der Waals surface area contributed by atoms with Gasteiger partial charge in [-0.05, 0) is 38.5 Å². The van der Waals surface area contributed by atoms with Crippen LogP contribution in [0.1, 0.15) is 26.3 Å². The molecule has 0 radical (unpaired) electrons. The van der Waals surface area contributed by atoms with Gasteiger partial charge in [0.25, 0.3) is 0 Å². The number of ether oxygens (including phenoxy) is 2. The van der Waals surface area contributed by atoms with Gasteiger partial charge >= 0.3 is 0 Å². The van der Waals surface area contributed by atoms with Crippen molar-refractivity contribution in [1.29, 1.82) is 0 Å². The highest BCUT2D eigenvalue weighted by Gasteiger charge is 2.13. The van der Waals surface area contributed by atoms with Gasteiger partial charge in [0.1, 0.15) is 0 Å². The lowest BCUT2D eigenvalue weighted by Gasteiger charge is -2.21. The molecule has 3 nitrogen and oxygen atoms in total. The van der Waals surface area contributed by atoms with Crippen molar-refractivity contribution in [2.75, 3.05) is 14.2 Å². The SMILES string of the molecule is COc1cc(CNC(C)(C)C)cc(Cl)c1OC. The van der Waals surface area contributed by atoms with E-state index in [0.29, 0.717) is 16.5 Å². The molecule has 0 spiro atoms. The van der Waals surface area contributed by atoms with E-state index in [1.807, 2.05) is 12.1 Å². The van der Waals surface area contributed by atoms with E-state index in [4.69, 9.17) is 21.1 Å². The molecule has 0 aliphatic heterocycles. The Kier molecular flexibility index (Phi) is 4.66. The number of hydrogen-bond donors (Lipinski definition) is 1. The van der Waals surface area contributed by atoms with Crippen LogP contribution >= 0.6 is 11.6 Å². The first-order chi connectivity index (χ1) is 7.87. The number of nitrogens with one attached hydrogen (secondary N) is 1. The first-order valence-corrected chi connectivity index (χ1v) is 5.90. The van der Waals surface area contributed by atoms with E-state index in [0.717, 1.165) is 12.1 Å². The Balaban J connectivity index is 2.92. The standard InChI is InChI=1S/C13H20ClNO2/c1-13(2,3)15-8-9-6-10(14)12(17-5)11(7-9)16-4/h6-7,15H,8H2,1-5H3. The van der Waals surface area contributed by atoms with Gasteiger partial charge in [0.05, 0.1) is 19.2 Å². The van der Waals surface area contributed by atoms with Crippen LogP contribution < -0.4 is 14.8 Å². The third-order valence-electron chi connectivity index (χ3n) is 2.32. The summed E-state index contributed by atoms with van der Waals surface area (Å²) in [6.45, 7) is 7.10. The van der Waals surface area contributed by atoms with Gasteiger partial charge in [-0.15, -0.1) is 0 Å². The van der Waals surface area contributed by atoms with Crippen LogP contribution in [0.25, 0.3) is 0 Å². The van der Waals surface area contributed by atoms with E-state index in [9.17, 15) is 0 Å². The molecule has 0 saturated carbocycles. The maximum atomic E-state index is 6.13. The van der Waals surface area contributed by atoms with E-state index in [2.05, 4.69) is 26.1 Å². The van der Waals surface area contributed by atoms with Gasteiger partial charge in [-0.2, -0.15) is 0 Å². The molecule has 96 valence electrons. The summed E-state index contributed by atoms with van der Waals surface area (Å²) in [5, 5.41) is 3.97. The van der Waals surface area contributed by atoms with Gasteiger partial charge in [-0.25, -0.2) is 0 Å². The van der Waals surface area contributed by atoms with Crippen LogP contribution in [0.4, 0.5) is 0 Å². The molecule has 0 aromatic heterocycles. The van der Waals surface area contributed by atoms with Crippen LogP contribution in [0.3, 0.4) is 0 Å². The molecule has 1 aromatic carbocycles. The Hall–Kier alpha value is -0.930. The van der Waals surface area contributed by atoms with Crippen LogP contribution in [0, 0.1) is 0 Å². The highest BCUT2D eigenvalue weighted by Crippen LogP contribution is 2.36. The van der Waals surface area contributed by atoms with E-state index in [1.165, 1.54) is 0 Å². The topological polar surface area (TPSA) is 30.5 Å². The van der Waals surface area contributed by atoms with Gasteiger partial charge in [-0.3, -0.25) is 0 Å². The van der Waals surface area contributed by atoms with Gasteiger partial charge in [0.15, 0.2) is 11.5 Å². The predicted octanol–water partition coefficient (Wildman–Crippen LogP) is 3.25. The largest absolute Gasteiger partial charge is 0.493 e. The van der Waals surface area contributed by atoms with E-state index in [1.54, 1.807) is 14.2 Å². The fourth-order valence-corrected chi connectivity index (χ4v) is 1.75. The van der Waals surface area contributed by atoms with Crippen molar-refractivity contribution in [3.8, 4) is 11.5 Å². The maximum absolute atomic E-state index is 6.13. The van der Waals surface area contributed by atoms with Gasteiger partial charge in [0.2, 0.25) is 0 Å². The zero-order chi connectivity index (χ0) is 13.1. The Morgan fingerprint density at radius 3 is 2.29 bits per heavy atom. The lowest BCUT2D eigenvalue weighted by molar-refractivity contribution is 0.354. The average molecular weight is 258 g/mol. The first-order valence-electron chi connectivity index (χ1n) is 5.53. The van der Waals surface area contributed by atoms with Gasteiger partial charge < -0.3 is 14.8 Å². The van der Waals surface area contributed by atoms with Crippen LogP contribution in [0.15, 0.2) is 12.1 Å². The second-order valence-electron chi connectivity index (χ2n) is 4.92. The lowest BCUT2D eigenvalue weighted by atomic mass is 10.1. The van der Waals surface area contributed by atoms with Crippen molar-refractivity contribution in [3.05, 3.63) is 22.7 Å². The Morgan fingerprint density at radius 2 is 1.82 bits per heavy atom. The lowest BCUT2D eigenvalue weighted by Crippen LogP contribution is -2.35. The molecule has 0 heterocycles. The number of rotatable bonds is 4. The normalized spacial score (nSPS) is 11.4. The maximum Gasteiger partial charge on any atom is 0.179 e.